The molecule has 2 N–H and O–H groups in total. The smallest absolute Gasteiger partial charge is 0.342 e. The molecule has 0 aliphatic carbocycles. The lowest BCUT2D eigenvalue weighted by atomic mass is 10.3. The van der Waals surface area contributed by atoms with E-state index >= 15 is 0 Å². The molecule has 0 aromatic heterocycles. The number of aliphatic hydroxyl groups is 2. The third-order valence-electron chi connectivity index (χ3n) is 2.04. The summed E-state index contributed by atoms with van der Waals surface area (Å²) in [5.74, 6) is -0.0784. The molecule has 0 bridgehead atoms. The number of ether oxygens (including phenoxy) is 2. The van der Waals surface area contributed by atoms with Gasteiger partial charge in [0.15, 0.2) is 0 Å². The number of carbonyl (C=O) groups excluding carboxylic acids is 1. The van der Waals surface area contributed by atoms with E-state index in [0.717, 1.165) is 0 Å². The molecule has 0 aliphatic rings. The van der Waals surface area contributed by atoms with Crippen molar-refractivity contribution in [2.24, 2.45) is 0 Å². The van der Waals surface area contributed by atoms with Gasteiger partial charge < -0.3 is 19.7 Å². The van der Waals surface area contributed by atoms with E-state index in [1.165, 1.54) is 13.2 Å². The van der Waals surface area contributed by atoms with Crippen LogP contribution in [0.1, 0.15) is 6.92 Å². The summed E-state index contributed by atoms with van der Waals surface area (Å²) in [7, 11) is 0. The lowest BCUT2D eigenvalue weighted by Crippen LogP contribution is -2.18. The number of benzene rings is 1. The topological polar surface area (TPSA) is 76.0 Å². The Balaban J connectivity index is 2.44. The number of hydrogen-bond donors (Lipinski definition) is 2. The van der Waals surface area contributed by atoms with Crippen molar-refractivity contribution in [3.63, 3.8) is 0 Å². The van der Waals surface area contributed by atoms with E-state index in [1.54, 1.807) is 24.3 Å². The fourth-order valence-corrected chi connectivity index (χ4v) is 1.06. The second kappa shape index (κ2) is 7.47. The van der Waals surface area contributed by atoms with Gasteiger partial charge in [0.05, 0.1) is 18.4 Å². The minimum absolute atomic E-state index is 0.0769. The van der Waals surface area contributed by atoms with Gasteiger partial charge in [-0.1, -0.05) is 18.2 Å². The Morgan fingerprint density at radius 1 is 1.39 bits per heavy atom. The first-order chi connectivity index (χ1) is 8.63. The summed E-state index contributed by atoms with van der Waals surface area (Å²) in [5, 5.41) is 17.6. The SMILES string of the molecule is CC(=COCC(O)CO)C(=O)Oc1ccccc1. The van der Waals surface area contributed by atoms with E-state index in [4.69, 9.17) is 19.7 Å². The monoisotopic (exact) mass is 252 g/mol. The molecule has 98 valence electrons. The van der Waals surface area contributed by atoms with Gasteiger partial charge in [-0.3, -0.25) is 0 Å². The van der Waals surface area contributed by atoms with Crippen molar-refractivity contribution < 1.29 is 24.5 Å². The van der Waals surface area contributed by atoms with Crippen molar-refractivity contribution in [3.05, 3.63) is 42.2 Å². The first-order valence-electron chi connectivity index (χ1n) is 5.48. The second-order valence-electron chi connectivity index (χ2n) is 3.67. The molecule has 0 saturated heterocycles. The number of hydrogen-bond acceptors (Lipinski definition) is 5. The Kier molecular flexibility index (Phi) is 5.90. The number of aliphatic hydroxyl groups excluding tert-OH is 2. The van der Waals surface area contributed by atoms with Crippen LogP contribution in [0.4, 0.5) is 0 Å². The summed E-state index contributed by atoms with van der Waals surface area (Å²) >= 11 is 0. The Morgan fingerprint density at radius 3 is 2.67 bits per heavy atom. The van der Waals surface area contributed by atoms with Crippen LogP contribution in [0.3, 0.4) is 0 Å². The van der Waals surface area contributed by atoms with E-state index in [-0.39, 0.29) is 18.8 Å². The molecule has 0 amide bonds. The van der Waals surface area contributed by atoms with Gasteiger partial charge in [-0.05, 0) is 19.1 Å². The number of carbonyl (C=O) groups is 1. The molecule has 1 aromatic rings. The predicted octanol–water partition coefficient (Wildman–Crippen LogP) is 0.866. The highest BCUT2D eigenvalue weighted by Crippen LogP contribution is 2.10. The normalized spacial score (nSPS) is 12.9. The summed E-state index contributed by atoms with van der Waals surface area (Å²) in [6.07, 6.45) is 0.239. The fourth-order valence-electron chi connectivity index (χ4n) is 1.06. The molecular weight excluding hydrogens is 236 g/mol. The van der Waals surface area contributed by atoms with Crippen LogP contribution in [-0.2, 0) is 9.53 Å². The third-order valence-corrected chi connectivity index (χ3v) is 2.04. The summed E-state index contributed by atoms with van der Waals surface area (Å²) in [4.78, 5) is 11.6. The van der Waals surface area contributed by atoms with Crippen molar-refractivity contribution in [1.29, 1.82) is 0 Å². The van der Waals surface area contributed by atoms with E-state index < -0.39 is 12.1 Å². The minimum atomic E-state index is -0.959. The van der Waals surface area contributed by atoms with Crippen molar-refractivity contribution in [1.82, 2.24) is 0 Å². The van der Waals surface area contributed by atoms with Gasteiger partial charge in [-0.2, -0.15) is 0 Å². The molecule has 0 heterocycles. The van der Waals surface area contributed by atoms with Gasteiger partial charge >= 0.3 is 5.97 Å². The zero-order valence-electron chi connectivity index (χ0n) is 10.1. The van der Waals surface area contributed by atoms with Crippen molar-refractivity contribution in [3.8, 4) is 5.75 Å². The third kappa shape index (κ3) is 4.99. The molecule has 0 aliphatic heterocycles. The standard InChI is InChI=1S/C13H16O5/c1-10(8-17-9-11(15)7-14)13(16)18-12-5-3-2-4-6-12/h2-6,8,11,14-15H,7,9H2,1H3. The van der Waals surface area contributed by atoms with E-state index in [2.05, 4.69) is 0 Å². The average molecular weight is 252 g/mol. The van der Waals surface area contributed by atoms with Gasteiger partial charge in [-0.25, -0.2) is 4.79 Å². The molecule has 0 radical (unpaired) electrons. The van der Waals surface area contributed by atoms with Gasteiger partial charge in [0, 0.05) is 0 Å². The zero-order valence-corrected chi connectivity index (χ0v) is 10.1. The number of esters is 1. The fraction of sp³-hybridized carbons (Fsp3) is 0.308. The van der Waals surface area contributed by atoms with Crippen LogP contribution in [0.25, 0.3) is 0 Å². The lowest BCUT2D eigenvalue weighted by Gasteiger charge is -2.07. The van der Waals surface area contributed by atoms with E-state index in [0.29, 0.717) is 5.75 Å². The van der Waals surface area contributed by atoms with E-state index in [1.807, 2.05) is 6.07 Å². The van der Waals surface area contributed by atoms with Crippen LogP contribution >= 0.6 is 0 Å². The Bertz CT molecular complexity index is 399. The second-order valence-corrected chi connectivity index (χ2v) is 3.67. The maximum absolute atomic E-state index is 11.6. The van der Waals surface area contributed by atoms with Crippen molar-refractivity contribution in [2.45, 2.75) is 13.0 Å². The predicted molar refractivity (Wildman–Crippen MR) is 64.9 cm³/mol. The summed E-state index contributed by atoms with van der Waals surface area (Å²) in [6, 6.07) is 8.67. The summed E-state index contributed by atoms with van der Waals surface area (Å²) in [5.41, 5.74) is 0.268. The maximum Gasteiger partial charge on any atom is 0.342 e. The Labute approximate surface area is 105 Å². The highest BCUT2D eigenvalue weighted by molar-refractivity contribution is 5.89. The van der Waals surface area contributed by atoms with Crippen LogP contribution in [0, 0.1) is 0 Å². The molecule has 0 fully saturated rings. The van der Waals surface area contributed by atoms with Gasteiger partial charge in [0.25, 0.3) is 0 Å². The van der Waals surface area contributed by atoms with Crippen LogP contribution in [-0.4, -0.2) is 35.5 Å². The van der Waals surface area contributed by atoms with Crippen molar-refractivity contribution >= 4 is 5.97 Å². The number of rotatable bonds is 6. The first kappa shape index (κ1) is 14.2. The Morgan fingerprint density at radius 2 is 2.06 bits per heavy atom. The lowest BCUT2D eigenvalue weighted by molar-refractivity contribution is -0.130. The summed E-state index contributed by atoms with van der Waals surface area (Å²) in [6.45, 7) is 1.07. The molecule has 0 spiro atoms. The molecule has 1 rings (SSSR count). The molecule has 0 saturated carbocycles. The minimum Gasteiger partial charge on any atom is -0.498 e. The van der Waals surface area contributed by atoms with Crippen molar-refractivity contribution in [2.75, 3.05) is 13.2 Å². The highest BCUT2D eigenvalue weighted by atomic mass is 16.5. The molecule has 5 heteroatoms. The molecule has 1 atom stereocenters. The van der Waals surface area contributed by atoms with Crippen LogP contribution in [0.5, 0.6) is 5.75 Å². The first-order valence-corrected chi connectivity index (χ1v) is 5.48. The van der Waals surface area contributed by atoms with Crippen LogP contribution in [0.2, 0.25) is 0 Å². The van der Waals surface area contributed by atoms with Gasteiger partial charge in [0.1, 0.15) is 18.5 Å². The molecule has 18 heavy (non-hydrogen) atoms. The maximum atomic E-state index is 11.6. The number of para-hydroxylation sites is 1. The molecule has 1 unspecified atom stereocenters. The largest absolute Gasteiger partial charge is 0.498 e. The zero-order chi connectivity index (χ0) is 13.4. The molecule has 5 nitrogen and oxygen atoms in total. The Hall–Kier alpha value is -1.85. The van der Waals surface area contributed by atoms with Crippen LogP contribution in [0.15, 0.2) is 42.2 Å². The van der Waals surface area contributed by atoms with E-state index in [9.17, 15) is 4.79 Å². The van der Waals surface area contributed by atoms with Crippen LogP contribution < -0.4 is 4.74 Å². The average Bonchev–Trinajstić information content (AvgIpc) is 2.39. The molecular formula is C13H16O5. The highest BCUT2D eigenvalue weighted by Gasteiger charge is 2.08. The quantitative estimate of drug-likeness (QED) is 0.340. The molecule has 1 aromatic carbocycles. The van der Waals surface area contributed by atoms with Gasteiger partial charge in [0.2, 0.25) is 0 Å². The summed E-state index contributed by atoms with van der Waals surface area (Å²) < 4.78 is 9.99. The van der Waals surface area contributed by atoms with Gasteiger partial charge in [-0.15, -0.1) is 0 Å².